The van der Waals surface area contributed by atoms with Gasteiger partial charge in [0, 0.05) is 59.4 Å². The highest BCUT2D eigenvalue weighted by atomic mass is 35.5. The molecule has 1 fully saturated rings. The van der Waals surface area contributed by atoms with E-state index in [1.165, 1.54) is 0 Å². The highest BCUT2D eigenvalue weighted by molar-refractivity contribution is 7.80. The molecule has 1 heterocycles. The van der Waals surface area contributed by atoms with Crippen LogP contribution < -0.4 is 15.5 Å². The first kappa shape index (κ1) is 26.7. The van der Waals surface area contributed by atoms with E-state index >= 15 is 0 Å². The molecule has 9 heteroatoms. The number of hydrogen-bond acceptors (Lipinski definition) is 4. The molecule has 0 aliphatic carbocycles. The maximum absolute atomic E-state index is 12.9. The van der Waals surface area contributed by atoms with Crippen molar-refractivity contribution < 1.29 is 4.79 Å². The minimum Gasteiger partial charge on any atom is -0.368 e. The monoisotopic (exact) mass is 582 g/mol. The number of nitrogens with zero attached hydrogens (tertiary/aromatic N) is 2. The van der Waals surface area contributed by atoms with Crippen LogP contribution in [0.25, 0.3) is 10.8 Å². The van der Waals surface area contributed by atoms with E-state index < -0.39 is 0 Å². The molecule has 1 amide bonds. The molecule has 4 aromatic carbocycles. The summed E-state index contributed by atoms with van der Waals surface area (Å²) in [6.07, 6.45) is 0. The number of hydrogen-bond donors (Lipinski definition) is 2. The summed E-state index contributed by atoms with van der Waals surface area (Å²) in [5, 5.41) is 9.59. The number of fused-ring (bicyclic) bond motifs is 1. The lowest BCUT2D eigenvalue weighted by atomic mass is 10.0. The number of nitrogens with one attached hydrogen (secondary N) is 2. The van der Waals surface area contributed by atoms with E-state index in [0.717, 1.165) is 59.8 Å². The van der Waals surface area contributed by atoms with Gasteiger partial charge in [-0.15, -0.1) is 0 Å². The van der Waals surface area contributed by atoms with Crippen LogP contribution >= 0.6 is 47.0 Å². The molecule has 0 aromatic heterocycles. The van der Waals surface area contributed by atoms with Crippen molar-refractivity contribution in [1.29, 1.82) is 0 Å². The maximum atomic E-state index is 12.9. The van der Waals surface area contributed by atoms with Crippen LogP contribution in [0.5, 0.6) is 0 Å². The van der Waals surface area contributed by atoms with Gasteiger partial charge in [0.25, 0.3) is 5.91 Å². The minimum absolute atomic E-state index is 0.186. The number of anilines is 2. The Labute approximate surface area is 242 Å². The fourth-order valence-electron chi connectivity index (χ4n) is 4.66. The summed E-state index contributed by atoms with van der Waals surface area (Å²) >= 11 is 24.7. The van der Waals surface area contributed by atoms with Crippen molar-refractivity contribution in [2.75, 3.05) is 36.4 Å². The molecule has 5 rings (SSSR count). The van der Waals surface area contributed by atoms with Crippen LogP contribution in [0.1, 0.15) is 15.9 Å². The van der Waals surface area contributed by atoms with E-state index in [-0.39, 0.29) is 11.0 Å². The van der Waals surface area contributed by atoms with Crippen LogP contribution in [0.3, 0.4) is 0 Å². The Morgan fingerprint density at radius 3 is 2.26 bits per heavy atom. The van der Waals surface area contributed by atoms with Crippen molar-refractivity contribution in [3.63, 3.8) is 0 Å². The zero-order valence-corrected chi connectivity index (χ0v) is 23.5. The predicted molar refractivity (Wildman–Crippen MR) is 163 cm³/mol. The highest BCUT2D eigenvalue weighted by Crippen LogP contribution is 2.30. The zero-order valence-electron chi connectivity index (χ0n) is 20.4. The van der Waals surface area contributed by atoms with E-state index in [2.05, 4.69) is 26.5 Å². The van der Waals surface area contributed by atoms with Crippen molar-refractivity contribution in [2.24, 2.45) is 0 Å². The van der Waals surface area contributed by atoms with Crippen molar-refractivity contribution >= 4 is 80.2 Å². The number of carbonyl (C=O) groups is 1. The lowest BCUT2D eigenvalue weighted by molar-refractivity contribution is 0.0979. The van der Waals surface area contributed by atoms with E-state index in [1.54, 1.807) is 18.2 Å². The predicted octanol–water partition coefficient (Wildman–Crippen LogP) is 7.25. The van der Waals surface area contributed by atoms with Gasteiger partial charge in [-0.3, -0.25) is 15.0 Å². The van der Waals surface area contributed by atoms with Crippen LogP contribution in [0.2, 0.25) is 15.1 Å². The van der Waals surface area contributed by atoms with Gasteiger partial charge >= 0.3 is 0 Å². The molecule has 0 saturated carbocycles. The molecule has 2 N–H and O–H groups in total. The highest BCUT2D eigenvalue weighted by Gasteiger charge is 2.20. The Balaban J connectivity index is 1.18. The fraction of sp³-hybridized carbons (Fsp3) is 0.172. The van der Waals surface area contributed by atoms with Gasteiger partial charge in [-0.25, -0.2) is 0 Å². The Bertz CT molecular complexity index is 1500. The SMILES string of the molecule is O=C(NC(=S)Nc1ccc(N2CCN(Cc3ccccc3Cl)CC2)c(Cl)c1)c1cccc2c(Cl)cccc12. The Hall–Kier alpha value is -2.87. The number of thiocarbonyl (C=S) groups is 1. The second kappa shape index (κ2) is 11.9. The van der Waals surface area contributed by atoms with Crippen molar-refractivity contribution in [3.05, 3.63) is 105 Å². The number of halogens is 3. The van der Waals surface area contributed by atoms with E-state index in [1.807, 2.05) is 54.6 Å². The van der Waals surface area contributed by atoms with Crippen LogP contribution in [-0.2, 0) is 6.54 Å². The third-order valence-electron chi connectivity index (χ3n) is 6.61. The lowest BCUT2D eigenvalue weighted by Crippen LogP contribution is -2.46. The van der Waals surface area contributed by atoms with E-state index in [4.69, 9.17) is 47.0 Å². The second-order valence-corrected chi connectivity index (χ2v) is 10.7. The first-order chi connectivity index (χ1) is 18.4. The van der Waals surface area contributed by atoms with Crippen molar-refractivity contribution in [2.45, 2.75) is 6.54 Å². The Morgan fingerprint density at radius 1 is 0.789 bits per heavy atom. The largest absolute Gasteiger partial charge is 0.368 e. The summed E-state index contributed by atoms with van der Waals surface area (Å²) in [7, 11) is 0. The smallest absolute Gasteiger partial charge is 0.258 e. The molecular weight excluding hydrogens is 559 g/mol. The molecule has 0 spiro atoms. The number of benzene rings is 4. The first-order valence-corrected chi connectivity index (χ1v) is 13.7. The van der Waals surface area contributed by atoms with Gasteiger partial charge in [0.15, 0.2) is 5.11 Å². The van der Waals surface area contributed by atoms with Crippen molar-refractivity contribution in [1.82, 2.24) is 10.2 Å². The molecule has 194 valence electrons. The summed E-state index contributed by atoms with van der Waals surface area (Å²) in [6, 6.07) is 24.6. The van der Waals surface area contributed by atoms with Gasteiger partial charge in [-0.05, 0) is 59.6 Å². The molecule has 1 aliphatic heterocycles. The normalized spacial score (nSPS) is 13.9. The topological polar surface area (TPSA) is 47.6 Å². The maximum Gasteiger partial charge on any atom is 0.258 e. The third kappa shape index (κ3) is 6.06. The fourth-order valence-corrected chi connectivity index (χ4v) is 5.60. The lowest BCUT2D eigenvalue weighted by Gasteiger charge is -2.36. The average molecular weight is 584 g/mol. The zero-order chi connectivity index (χ0) is 26.6. The molecule has 0 atom stereocenters. The van der Waals surface area contributed by atoms with Crippen LogP contribution in [0, 0.1) is 0 Å². The van der Waals surface area contributed by atoms with Crippen LogP contribution in [0.15, 0.2) is 78.9 Å². The molecular formula is C29H25Cl3N4OS. The molecule has 4 aromatic rings. The Morgan fingerprint density at radius 2 is 1.50 bits per heavy atom. The quantitative estimate of drug-likeness (QED) is 0.242. The molecule has 1 saturated heterocycles. The summed E-state index contributed by atoms with van der Waals surface area (Å²) in [5.74, 6) is -0.312. The second-order valence-electron chi connectivity index (χ2n) is 9.07. The van der Waals surface area contributed by atoms with Gasteiger partial charge in [-0.1, -0.05) is 77.3 Å². The summed E-state index contributed by atoms with van der Waals surface area (Å²) in [5.41, 5.74) is 3.30. The molecule has 0 radical (unpaired) electrons. The standard InChI is InChI=1S/C29H25Cl3N4OS/c30-24-9-2-1-5-19(24)18-35-13-15-36(16-14-35)27-12-11-20(17-26(27)32)33-29(38)34-28(37)23-8-3-7-22-21(23)6-4-10-25(22)31/h1-12,17H,13-16,18H2,(H2,33,34,37,38). The molecule has 5 nitrogen and oxygen atoms in total. The van der Waals surface area contributed by atoms with E-state index in [9.17, 15) is 4.79 Å². The molecule has 0 unspecified atom stereocenters. The van der Waals surface area contributed by atoms with E-state index in [0.29, 0.717) is 21.3 Å². The van der Waals surface area contributed by atoms with Gasteiger partial charge in [0.05, 0.1) is 10.7 Å². The van der Waals surface area contributed by atoms with Gasteiger partial charge in [-0.2, -0.15) is 0 Å². The number of amides is 1. The minimum atomic E-state index is -0.312. The molecule has 1 aliphatic rings. The van der Waals surface area contributed by atoms with Gasteiger partial charge < -0.3 is 10.2 Å². The van der Waals surface area contributed by atoms with Gasteiger partial charge in [0.2, 0.25) is 0 Å². The third-order valence-corrected chi connectivity index (χ3v) is 7.82. The number of rotatable bonds is 5. The Kier molecular flexibility index (Phi) is 8.36. The van der Waals surface area contributed by atoms with Crippen molar-refractivity contribution in [3.8, 4) is 0 Å². The van der Waals surface area contributed by atoms with Crippen LogP contribution in [-0.4, -0.2) is 42.1 Å². The summed E-state index contributed by atoms with van der Waals surface area (Å²) in [4.78, 5) is 17.6. The average Bonchev–Trinajstić information content (AvgIpc) is 2.90. The molecule has 38 heavy (non-hydrogen) atoms. The van der Waals surface area contributed by atoms with Gasteiger partial charge in [0.1, 0.15) is 0 Å². The summed E-state index contributed by atoms with van der Waals surface area (Å²) < 4.78 is 0. The molecule has 0 bridgehead atoms. The van der Waals surface area contributed by atoms with Crippen LogP contribution in [0.4, 0.5) is 11.4 Å². The first-order valence-electron chi connectivity index (χ1n) is 12.2. The number of carbonyl (C=O) groups excluding carboxylic acids is 1. The number of piperazine rings is 1. The summed E-state index contributed by atoms with van der Waals surface area (Å²) in [6.45, 7) is 4.38.